The number of hydrogen-bond donors (Lipinski definition) is 0. The maximum atomic E-state index is 11.6. The Balaban J connectivity index is 2.10. The molecule has 0 radical (unpaired) electrons. The van der Waals surface area contributed by atoms with Crippen molar-refractivity contribution >= 4 is 11.4 Å². The van der Waals surface area contributed by atoms with Gasteiger partial charge >= 0.3 is 0 Å². The van der Waals surface area contributed by atoms with Gasteiger partial charge in [-0.3, -0.25) is 4.79 Å². The lowest BCUT2D eigenvalue weighted by Crippen LogP contribution is -2.10. The fourth-order valence-electron chi connectivity index (χ4n) is 2.60. The van der Waals surface area contributed by atoms with E-state index in [1.165, 1.54) is 5.56 Å². The van der Waals surface area contributed by atoms with E-state index in [0.29, 0.717) is 0 Å². The molecule has 1 aromatic carbocycles. The number of ketones is 1. The van der Waals surface area contributed by atoms with Crippen LogP contribution < -0.4 is 0 Å². The van der Waals surface area contributed by atoms with E-state index in [0.717, 1.165) is 30.5 Å². The Kier molecular flexibility index (Phi) is 5.54. The summed E-state index contributed by atoms with van der Waals surface area (Å²) in [5, 5.41) is 0. The van der Waals surface area contributed by atoms with Crippen molar-refractivity contribution in [1.29, 1.82) is 0 Å². The van der Waals surface area contributed by atoms with Crippen LogP contribution in [0.25, 0.3) is 5.57 Å². The molecule has 0 aliphatic heterocycles. The summed E-state index contributed by atoms with van der Waals surface area (Å²) in [4.78, 5) is 15.6. The summed E-state index contributed by atoms with van der Waals surface area (Å²) in [6, 6.07) is 8.59. The van der Waals surface area contributed by atoms with Gasteiger partial charge in [-0.2, -0.15) is 0 Å². The molecule has 0 fully saturated rings. The minimum atomic E-state index is 0.0996. The summed E-state index contributed by atoms with van der Waals surface area (Å²) in [6.07, 6.45) is 9.21. The smallest absolute Gasteiger partial charge is 0.152 e. The van der Waals surface area contributed by atoms with Gasteiger partial charge in [0.25, 0.3) is 0 Å². The molecule has 0 spiro atoms. The molecule has 0 unspecified atom stereocenters. The number of allylic oxidation sites excluding steroid dienone is 2. The SMILES string of the molecule is CC(=O)/C=C(\CCCn1ccnc1)c1ccc(C(C)(C)C)cc1. The largest absolute Gasteiger partial charge is 0.337 e. The van der Waals surface area contributed by atoms with Gasteiger partial charge in [-0.05, 0) is 48.0 Å². The third-order valence-corrected chi connectivity index (χ3v) is 3.92. The highest BCUT2D eigenvalue weighted by atomic mass is 16.1. The van der Waals surface area contributed by atoms with Gasteiger partial charge < -0.3 is 4.57 Å². The second-order valence-electron chi connectivity index (χ2n) is 7.01. The molecule has 23 heavy (non-hydrogen) atoms. The zero-order chi connectivity index (χ0) is 16.9. The highest BCUT2D eigenvalue weighted by Crippen LogP contribution is 2.26. The Morgan fingerprint density at radius 3 is 2.43 bits per heavy atom. The topological polar surface area (TPSA) is 34.9 Å². The maximum absolute atomic E-state index is 11.6. The normalized spacial score (nSPS) is 12.4. The molecule has 0 saturated heterocycles. The van der Waals surface area contributed by atoms with Crippen LogP contribution >= 0.6 is 0 Å². The van der Waals surface area contributed by atoms with Gasteiger partial charge in [0.05, 0.1) is 6.33 Å². The van der Waals surface area contributed by atoms with Crippen LogP contribution in [0.1, 0.15) is 51.7 Å². The van der Waals surface area contributed by atoms with Crippen LogP contribution in [0, 0.1) is 0 Å². The first-order valence-corrected chi connectivity index (χ1v) is 8.14. The molecule has 122 valence electrons. The van der Waals surface area contributed by atoms with Crippen LogP contribution in [0.4, 0.5) is 0 Å². The quantitative estimate of drug-likeness (QED) is 0.729. The van der Waals surface area contributed by atoms with Crippen LogP contribution in [-0.4, -0.2) is 15.3 Å². The molecule has 2 rings (SSSR count). The molecule has 0 saturated carbocycles. The van der Waals surface area contributed by atoms with Gasteiger partial charge in [-0.15, -0.1) is 0 Å². The number of nitrogens with zero attached hydrogens (tertiary/aromatic N) is 2. The average molecular weight is 310 g/mol. The number of carbonyl (C=O) groups is 1. The van der Waals surface area contributed by atoms with Crippen LogP contribution in [-0.2, 0) is 16.8 Å². The van der Waals surface area contributed by atoms with E-state index in [1.54, 1.807) is 19.2 Å². The third kappa shape index (κ3) is 5.20. The number of rotatable bonds is 6. The molecule has 3 nitrogen and oxygen atoms in total. The monoisotopic (exact) mass is 310 g/mol. The second kappa shape index (κ2) is 7.40. The molecule has 2 aromatic rings. The minimum absolute atomic E-state index is 0.0996. The number of benzene rings is 1. The number of aromatic nitrogens is 2. The summed E-state index contributed by atoms with van der Waals surface area (Å²) in [5.41, 5.74) is 3.70. The van der Waals surface area contributed by atoms with Crippen molar-refractivity contribution in [3.8, 4) is 0 Å². The van der Waals surface area contributed by atoms with Gasteiger partial charge in [0.15, 0.2) is 5.78 Å². The molecule has 0 bridgehead atoms. The standard InChI is InChI=1S/C20H26N2O/c1-16(23)14-18(6-5-12-22-13-11-21-15-22)17-7-9-19(10-8-17)20(2,3)4/h7-11,13-15H,5-6,12H2,1-4H3/b18-14+. The van der Waals surface area contributed by atoms with Crippen molar-refractivity contribution in [1.82, 2.24) is 9.55 Å². The first-order chi connectivity index (χ1) is 10.9. The molecule has 0 aliphatic rings. The number of aryl methyl sites for hydroxylation is 1. The van der Waals surface area contributed by atoms with Crippen molar-refractivity contribution in [3.05, 3.63) is 60.2 Å². The molecule has 1 aromatic heterocycles. The summed E-state index contributed by atoms with van der Waals surface area (Å²) in [6.45, 7) is 9.15. The average Bonchev–Trinajstić information content (AvgIpc) is 2.98. The van der Waals surface area contributed by atoms with Gasteiger partial charge in [-0.1, -0.05) is 45.0 Å². The van der Waals surface area contributed by atoms with Gasteiger partial charge in [0.2, 0.25) is 0 Å². The molecule has 0 atom stereocenters. The number of hydrogen-bond acceptors (Lipinski definition) is 2. The van der Waals surface area contributed by atoms with Crippen molar-refractivity contribution in [2.24, 2.45) is 0 Å². The van der Waals surface area contributed by atoms with Crippen LogP contribution in [0.15, 0.2) is 49.1 Å². The summed E-state index contributed by atoms with van der Waals surface area (Å²) >= 11 is 0. The van der Waals surface area contributed by atoms with Crippen molar-refractivity contribution in [2.75, 3.05) is 0 Å². The van der Waals surface area contributed by atoms with E-state index < -0.39 is 0 Å². The Morgan fingerprint density at radius 2 is 1.91 bits per heavy atom. The highest BCUT2D eigenvalue weighted by molar-refractivity contribution is 5.95. The first kappa shape index (κ1) is 17.2. The highest BCUT2D eigenvalue weighted by Gasteiger charge is 2.13. The Hall–Kier alpha value is -2.16. The lowest BCUT2D eigenvalue weighted by atomic mass is 9.86. The molecular weight excluding hydrogens is 284 g/mol. The fourth-order valence-corrected chi connectivity index (χ4v) is 2.60. The fraction of sp³-hybridized carbons (Fsp3) is 0.400. The predicted molar refractivity (Wildman–Crippen MR) is 95.3 cm³/mol. The number of carbonyl (C=O) groups excluding carboxylic acids is 1. The Bertz CT molecular complexity index is 659. The van der Waals surface area contributed by atoms with E-state index in [-0.39, 0.29) is 11.2 Å². The molecule has 0 aliphatic carbocycles. The minimum Gasteiger partial charge on any atom is -0.337 e. The van der Waals surface area contributed by atoms with E-state index in [2.05, 4.69) is 54.6 Å². The van der Waals surface area contributed by atoms with Gasteiger partial charge in [0.1, 0.15) is 0 Å². The van der Waals surface area contributed by atoms with Crippen molar-refractivity contribution in [2.45, 2.75) is 52.5 Å². The second-order valence-corrected chi connectivity index (χ2v) is 7.01. The Labute approximate surface area is 139 Å². The molecule has 1 heterocycles. The first-order valence-electron chi connectivity index (χ1n) is 8.14. The van der Waals surface area contributed by atoms with Crippen LogP contribution in [0.5, 0.6) is 0 Å². The maximum Gasteiger partial charge on any atom is 0.152 e. The van der Waals surface area contributed by atoms with Crippen molar-refractivity contribution < 1.29 is 4.79 Å². The van der Waals surface area contributed by atoms with Crippen molar-refractivity contribution in [3.63, 3.8) is 0 Å². The van der Waals surface area contributed by atoms with Crippen LogP contribution in [0.3, 0.4) is 0 Å². The van der Waals surface area contributed by atoms with E-state index in [1.807, 2.05) is 12.5 Å². The summed E-state index contributed by atoms with van der Waals surface area (Å²) < 4.78 is 2.06. The van der Waals surface area contributed by atoms with E-state index in [4.69, 9.17) is 0 Å². The summed E-state index contributed by atoms with van der Waals surface area (Å²) in [5.74, 6) is 0.0996. The molecular formula is C20H26N2O. The zero-order valence-corrected chi connectivity index (χ0v) is 14.5. The van der Waals surface area contributed by atoms with Gasteiger partial charge in [-0.25, -0.2) is 4.98 Å². The number of imidazole rings is 1. The summed E-state index contributed by atoms with van der Waals surface area (Å²) in [7, 11) is 0. The van der Waals surface area contributed by atoms with Gasteiger partial charge in [0, 0.05) is 18.9 Å². The predicted octanol–water partition coefficient (Wildman–Crippen LogP) is 4.63. The molecule has 0 N–H and O–H groups in total. The molecule has 3 heteroatoms. The third-order valence-electron chi connectivity index (χ3n) is 3.92. The van der Waals surface area contributed by atoms with Crippen LogP contribution in [0.2, 0.25) is 0 Å². The van der Waals surface area contributed by atoms with E-state index in [9.17, 15) is 4.79 Å². The lowest BCUT2D eigenvalue weighted by molar-refractivity contribution is -0.112. The Morgan fingerprint density at radius 1 is 1.22 bits per heavy atom. The van der Waals surface area contributed by atoms with E-state index >= 15 is 0 Å². The molecule has 0 amide bonds. The lowest BCUT2D eigenvalue weighted by Gasteiger charge is -2.19. The zero-order valence-electron chi connectivity index (χ0n) is 14.5.